The molecule has 20 heavy (non-hydrogen) atoms. The van der Waals surface area contributed by atoms with E-state index < -0.39 is 16.1 Å². The second kappa shape index (κ2) is 7.34. The summed E-state index contributed by atoms with van der Waals surface area (Å²) in [5.41, 5.74) is 0. The summed E-state index contributed by atoms with van der Waals surface area (Å²) < 4.78 is 5.26. The summed E-state index contributed by atoms with van der Waals surface area (Å²) in [5, 5.41) is 1.70. The van der Waals surface area contributed by atoms with Gasteiger partial charge in [-0.2, -0.15) is 0 Å². The van der Waals surface area contributed by atoms with Crippen molar-refractivity contribution in [3.63, 3.8) is 0 Å². The van der Waals surface area contributed by atoms with Crippen LogP contribution in [0.5, 0.6) is 0 Å². The van der Waals surface area contributed by atoms with E-state index in [1.54, 1.807) is 5.20 Å². The molecule has 115 valence electrons. The average molecular weight is 368 g/mol. The maximum atomic E-state index is 6.41. The van der Waals surface area contributed by atoms with Gasteiger partial charge >= 0.3 is 108 Å². The minimum absolute atomic E-state index is 0.114. The van der Waals surface area contributed by atoms with Crippen LogP contribution in [0, 0.1) is 0 Å². The fourth-order valence-corrected chi connectivity index (χ4v) is 16.0. The van der Waals surface area contributed by atoms with Gasteiger partial charge in [-0.3, -0.25) is 0 Å². The molecule has 1 unspecified atom stereocenters. The first-order valence-corrected chi connectivity index (χ1v) is 17.1. The molecule has 0 radical (unpaired) electrons. The third kappa shape index (κ3) is 4.37. The van der Waals surface area contributed by atoms with Crippen LogP contribution in [-0.4, -0.2) is 29.4 Å². The van der Waals surface area contributed by atoms with Crippen molar-refractivity contribution < 1.29 is 20.1 Å². The third-order valence-electron chi connectivity index (χ3n) is 3.92. The van der Waals surface area contributed by atoms with Crippen molar-refractivity contribution in [3.05, 3.63) is 23.4 Å². The van der Waals surface area contributed by atoms with Crippen molar-refractivity contribution in [2.75, 3.05) is 13.2 Å². The van der Waals surface area contributed by atoms with E-state index in [0.29, 0.717) is 3.75 Å². The summed E-state index contributed by atoms with van der Waals surface area (Å²) in [4.78, 5) is 0. The van der Waals surface area contributed by atoms with Crippen LogP contribution >= 0.6 is 9.85 Å². The second-order valence-corrected chi connectivity index (χ2v) is 20.7. The van der Waals surface area contributed by atoms with Gasteiger partial charge in [0.2, 0.25) is 0 Å². The Kier molecular flexibility index (Phi) is 6.90. The van der Waals surface area contributed by atoms with Crippen LogP contribution in [0.25, 0.3) is 0 Å². The van der Waals surface area contributed by atoms with E-state index in [4.69, 9.17) is 14.6 Å². The Labute approximate surface area is 138 Å². The van der Waals surface area contributed by atoms with Gasteiger partial charge in [0.05, 0.1) is 0 Å². The van der Waals surface area contributed by atoms with E-state index in [1.165, 1.54) is 12.8 Å². The quantitative estimate of drug-likeness (QED) is 0.604. The summed E-state index contributed by atoms with van der Waals surface area (Å²) >= 11 is -0.114. The van der Waals surface area contributed by atoms with Gasteiger partial charge in [0.25, 0.3) is 0 Å². The molecule has 1 aliphatic heterocycles. The van der Waals surface area contributed by atoms with Gasteiger partial charge in [-0.25, -0.2) is 0 Å². The zero-order valence-electron chi connectivity index (χ0n) is 13.8. The van der Waals surface area contributed by atoms with Crippen LogP contribution in [0.15, 0.2) is 23.4 Å². The number of halogens is 1. The van der Waals surface area contributed by atoms with E-state index in [9.17, 15) is 0 Å². The molecule has 0 bridgehead atoms. The summed E-state index contributed by atoms with van der Waals surface area (Å²) in [6.45, 7) is 16.7. The molecule has 2 rings (SSSR count). The number of hydrogen-bond acceptors (Lipinski definition) is 1. The normalized spacial score (nSPS) is 26.1. The van der Waals surface area contributed by atoms with Gasteiger partial charge in [-0.05, 0) is 12.8 Å². The molecule has 2 aliphatic rings. The summed E-state index contributed by atoms with van der Waals surface area (Å²) in [5.74, 6) is 0. The molecule has 1 nitrogen and oxygen atoms in total. The van der Waals surface area contributed by atoms with Crippen molar-refractivity contribution in [1.29, 1.82) is 0 Å². The Morgan fingerprint density at radius 1 is 1.10 bits per heavy atom. The molecule has 0 spiro atoms. The summed E-state index contributed by atoms with van der Waals surface area (Å²) in [6.07, 6.45) is 9.59. The van der Waals surface area contributed by atoms with Gasteiger partial charge < -0.3 is 4.74 Å². The fraction of sp³-hybridized carbons (Fsp3) is 0.733. The minimum atomic E-state index is -1.26. The Balaban J connectivity index is 0.000000333. The monoisotopic (exact) mass is 367 g/mol. The molecule has 1 saturated heterocycles. The van der Waals surface area contributed by atoms with Crippen LogP contribution in [0.2, 0.25) is 43.0 Å². The third-order valence-corrected chi connectivity index (χ3v) is 15.7. The molecule has 0 N–H and O–H groups in total. The Morgan fingerprint density at radius 3 is 1.90 bits per heavy atom. The van der Waals surface area contributed by atoms with Crippen LogP contribution in [0.4, 0.5) is 0 Å². The Morgan fingerprint density at radius 2 is 1.65 bits per heavy atom. The summed E-state index contributed by atoms with van der Waals surface area (Å²) in [6, 6.07) is 0. The molecular weight excluding hydrogens is 339 g/mol. The first-order valence-electron chi connectivity index (χ1n) is 7.46. The summed E-state index contributed by atoms with van der Waals surface area (Å²) in [7, 11) is 3.93. The van der Waals surface area contributed by atoms with Crippen LogP contribution in [0.1, 0.15) is 12.8 Å². The van der Waals surface area contributed by atoms with Crippen LogP contribution < -0.4 is 0 Å². The van der Waals surface area contributed by atoms with E-state index in [2.05, 4.69) is 57.5 Å². The topological polar surface area (TPSA) is 9.23 Å². The SMILES string of the molecule is C1CCOC1.C[Si](C)(C)C1=CC=C[C]1([V][Cl])[Si](C)(C)C. The molecule has 0 saturated carbocycles. The molecule has 0 amide bonds. The van der Waals surface area contributed by atoms with Gasteiger partial charge in [-0.15, -0.1) is 0 Å². The van der Waals surface area contributed by atoms with E-state index in [-0.39, 0.29) is 15.3 Å². The van der Waals surface area contributed by atoms with Gasteiger partial charge in [0, 0.05) is 13.2 Å². The van der Waals surface area contributed by atoms with E-state index in [0.717, 1.165) is 13.2 Å². The van der Waals surface area contributed by atoms with Gasteiger partial charge in [0.1, 0.15) is 0 Å². The van der Waals surface area contributed by atoms with Crippen molar-refractivity contribution in [2.45, 2.75) is 55.9 Å². The molecule has 1 heterocycles. The van der Waals surface area contributed by atoms with Gasteiger partial charge in [0.15, 0.2) is 0 Å². The van der Waals surface area contributed by atoms with Crippen LogP contribution in [0.3, 0.4) is 0 Å². The van der Waals surface area contributed by atoms with E-state index in [1.807, 2.05) is 0 Å². The number of rotatable bonds is 3. The molecule has 1 fully saturated rings. The predicted octanol–water partition coefficient (Wildman–Crippen LogP) is 5.43. The van der Waals surface area contributed by atoms with E-state index >= 15 is 0 Å². The second-order valence-electron chi connectivity index (χ2n) is 7.61. The fourth-order valence-electron chi connectivity index (χ4n) is 2.69. The molecular formula is C15H29ClOSi2V. The first-order chi connectivity index (χ1) is 9.15. The van der Waals surface area contributed by atoms with Crippen molar-refractivity contribution >= 4 is 26.0 Å². The zero-order chi connectivity index (χ0) is 15.4. The average Bonchev–Trinajstić information content (AvgIpc) is 3.00. The molecule has 0 aromatic carbocycles. The molecule has 0 aromatic rings. The maximum absolute atomic E-state index is 6.41. The molecule has 0 aromatic heterocycles. The van der Waals surface area contributed by atoms with Gasteiger partial charge in [-0.1, -0.05) is 0 Å². The van der Waals surface area contributed by atoms with Crippen LogP contribution in [-0.2, 0) is 20.1 Å². The van der Waals surface area contributed by atoms with Crippen molar-refractivity contribution in [1.82, 2.24) is 0 Å². The standard InChI is InChI=1S/C11H21Si2.C4H8O.ClH.V/c1-12(2,3)10-8-7-9-11(10)13(4,5)6;1-2-4-5-3-1;;/h7-9H,1-6H3;1-4H2;1H;/q;;;+1/p-1. The molecule has 1 atom stereocenters. The van der Waals surface area contributed by atoms with Crippen molar-refractivity contribution in [3.8, 4) is 0 Å². The molecule has 1 aliphatic carbocycles. The predicted molar refractivity (Wildman–Crippen MR) is 92.5 cm³/mol. The number of ether oxygens (including phenoxy) is 1. The Bertz CT molecular complexity index is 371. The molecule has 5 heteroatoms. The number of hydrogen-bond donors (Lipinski definition) is 0. The number of allylic oxidation sites excluding steroid dienone is 4. The Hall–Kier alpha value is 0.748. The van der Waals surface area contributed by atoms with Crippen molar-refractivity contribution in [2.24, 2.45) is 0 Å². The zero-order valence-corrected chi connectivity index (χ0v) is 17.9. The first kappa shape index (κ1) is 18.8.